The summed E-state index contributed by atoms with van der Waals surface area (Å²) in [5.41, 5.74) is 4.49. The Balaban J connectivity index is 1.17. The molecule has 0 spiro atoms. The Hall–Kier alpha value is -5.58. The molecule has 11 heteroatoms. The van der Waals surface area contributed by atoms with Crippen molar-refractivity contribution in [2.75, 3.05) is 13.7 Å². The van der Waals surface area contributed by atoms with Crippen molar-refractivity contribution >= 4 is 16.9 Å². The molecule has 0 unspecified atom stereocenters. The highest BCUT2D eigenvalue weighted by atomic mass is 16.5. The molecule has 3 N–H and O–H groups in total. The van der Waals surface area contributed by atoms with E-state index in [0.717, 1.165) is 11.1 Å². The highest BCUT2D eigenvalue weighted by molar-refractivity contribution is 5.97. The Morgan fingerprint density at radius 2 is 1.90 bits per heavy atom. The van der Waals surface area contributed by atoms with Gasteiger partial charge in [-0.05, 0) is 60.2 Å². The van der Waals surface area contributed by atoms with Crippen LogP contribution in [0, 0.1) is 0 Å². The zero-order valence-electron chi connectivity index (χ0n) is 21.3. The lowest BCUT2D eigenvalue weighted by atomic mass is 10.0. The van der Waals surface area contributed by atoms with Gasteiger partial charge in [-0.25, -0.2) is 9.97 Å². The molecule has 0 atom stereocenters. The Labute approximate surface area is 227 Å². The number of phenolic OH excluding ortho intramolecular Hbond substituents is 1. The molecule has 1 amide bonds. The van der Waals surface area contributed by atoms with Gasteiger partial charge in [0.15, 0.2) is 0 Å². The van der Waals surface area contributed by atoms with Gasteiger partial charge in [-0.15, -0.1) is 0 Å². The van der Waals surface area contributed by atoms with Gasteiger partial charge in [-0.1, -0.05) is 17.3 Å². The van der Waals surface area contributed by atoms with Crippen molar-refractivity contribution in [3.63, 3.8) is 0 Å². The van der Waals surface area contributed by atoms with Crippen molar-refractivity contribution in [3.05, 3.63) is 90.6 Å². The maximum absolute atomic E-state index is 12.8. The molecule has 0 saturated carbocycles. The maximum Gasteiger partial charge on any atom is 0.251 e. The van der Waals surface area contributed by atoms with E-state index >= 15 is 0 Å². The standard InChI is InChI=1S/C29H23N7O4/c1-39-29-19(5-4-13-32-29)17-8-10-24(37)20(15-17)26-33-21-9-7-18(16-23(21)34-26)28(38)31-14-11-25-35-27(36-40-25)22-6-2-3-12-30-22/h2-10,12-13,15-16,37H,11,14H2,1H3,(H,31,38)(H,33,34). The molecular formula is C29H23N7O4. The third-order valence-electron chi connectivity index (χ3n) is 6.26. The number of aromatic nitrogens is 6. The van der Waals surface area contributed by atoms with Crippen LogP contribution in [0.4, 0.5) is 0 Å². The van der Waals surface area contributed by atoms with Gasteiger partial charge in [-0.3, -0.25) is 9.78 Å². The second kappa shape index (κ2) is 10.7. The normalized spacial score (nSPS) is 11.0. The summed E-state index contributed by atoms with van der Waals surface area (Å²) in [5.74, 6) is 1.56. The molecule has 0 radical (unpaired) electrons. The van der Waals surface area contributed by atoms with E-state index in [2.05, 4.69) is 35.4 Å². The fraction of sp³-hybridized carbons (Fsp3) is 0.103. The summed E-state index contributed by atoms with van der Waals surface area (Å²) >= 11 is 0. The molecule has 0 aliphatic heterocycles. The summed E-state index contributed by atoms with van der Waals surface area (Å²) in [7, 11) is 1.56. The number of carbonyl (C=O) groups excluding carboxylic acids is 1. The lowest BCUT2D eigenvalue weighted by Crippen LogP contribution is -2.25. The van der Waals surface area contributed by atoms with Crippen molar-refractivity contribution in [2.45, 2.75) is 6.42 Å². The maximum atomic E-state index is 12.8. The molecular weight excluding hydrogens is 510 g/mol. The molecule has 198 valence electrons. The van der Waals surface area contributed by atoms with E-state index < -0.39 is 0 Å². The Bertz CT molecular complexity index is 1810. The highest BCUT2D eigenvalue weighted by Crippen LogP contribution is 2.35. The van der Waals surface area contributed by atoms with Crippen LogP contribution in [-0.4, -0.2) is 54.7 Å². The van der Waals surface area contributed by atoms with E-state index in [1.54, 1.807) is 55.9 Å². The van der Waals surface area contributed by atoms with Gasteiger partial charge in [-0.2, -0.15) is 4.98 Å². The number of carbonyl (C=O) groups is 1. The van der Waals surface area contributed by atoms with Gasteiger partial charge in [0.05, 0.1) is 23.7 Å². The number of phenols is 1. The van der Waals surface area contributed by atoms with Gasteiger partial charge in [0.2, 0.25) is 17.6 Å². The predicted molar refractivity (Wildman–Crippen MR) is 147 cm³/mol. The van der Waals surface area contributed by atoms with Crippen molar-refractivity contribution in [2.24, 2.45) is 0 Å². The fourth-order valence-electron chi connectivity index (χ4n) is 4.29. The molecule has 4 heterocycles. The molecule has 0 bridgehead atoms. The average molecular weight is 534 g/mol. The van der Waals surface area contributed by atoms with E-state index in [0.29, 0.717) is 64.2 Å². The smallest absolute Gasteiger partial charge is 0.251 e. The van der Waals surface area contributed by atoms with Crippen LogP contribution in [0.2, 0.25) is 0 Å². The molecule has 6 rings (SSSR count). The number of nitrogens with zero attached hydrogens (tertiary/aromatic N) is 5. The van der Waals surface area contributed by atoms with Gasteiger partial charge >= 0.3 is 0 Å². The number of hydrogen-bond donors (Lipinski definition) is 3. The fourth-order valence-corrected chi connectivity index (χ4v) is 4.29. The molecule has 40 heavy (non-hydrogen) atoms. The van der Waals surface area contributed by atoms with Crippen LogP contribution in [-0.2, 0) is 6.42 Å². The number of benzene rings is 2. The number of hydrogen-bond acceptors (Lipinski definition) is 9. The van der Waals surface area contributed by atoms with Gasteiger partial charge in [0, 0.05) is 36.5 Å². The molecule has 0 aliphatic rings. The molecule has 0 saturated heterocycles. The number of methoxy groups -OCH3 is 1. The lowest BCUT2D eigenvalue weighted by molar-refractivity contribution is 0.0953. The van der Waals surface area contributed by atoms with E-state index in [1.165, 1.54) is 0 Å². The topological polar surface area (TPSA) is 152 Å². The molecule has 2 aromatic carbocycles. The van der Waals surface area contributed by atoms with Crippen LogP contribution in [0.3, 0.4) is 0 Å². The summed E-state index contributed by atoms with van der Waals surface area (Å²) in [6.45, 7) is 0.313. The number of fused-ring (bicyclic) bond motifs is 1. The van der Waals surface area contributed by atoms with Crippen molar-refractivity contribution in [1.82, 2.24) is 35.4 Å². The number of ether oxygens (including phenoxy) is 1. The lowest BCUT2D eigenvalue weighted by Gasteiger charge is -2.09. The first kappa shape index (κ1) is 24.7. The largest absolute Gasteiger partial charge is 0.507 e. The number of aromatic amines is 1. The number of H-pyrrole nitrogens is 1. The van der Waals surface area contributed by atoms with Crippen molar-refractivity contribution in [3.8, 4) is 45.7 Å². The number of nitrogens with one attached hydrogen (secondary N) is 2. The highest BCUT2D eigenvalue weighted by Gasteiger charge is 2.16. The summed E-state index contributed by atoms with van der Waals surface area (Å²) in [6, 6.07) is 19.5. The minimum absolute atomic E-state index is 0.0656. The second-order valence-corrected chi connectivity index (χ2v) is 8.84. The first-order valence-corrected chi connectivity index (χ1v) is 12.4. The number of rotatable bonds is 8. The number of aromatic hydroxyl groups is 1. The quantitative estimate of drug-likeness (QED) is 0.258. The zero-order chi connectivity index (χ0) is 27.5. The first-order chi connectivity index (χ1) is 19.6. The van der Waals surface area contributed by atoms with E-state index in [9.17, 15) is 9.90 Å². The molecule has 0 fully saturated rings. The third kappa shape index (κ3) is 4.95. The van der Waals surface area contributed by atoms with Gasteiger partial charge < -0.3 is 24.7 Å². The zero-order valence-corrected chi connectivity index (χ0v) is 21.3. The van der Waals surface area contributed by atoms with Crippen LogP contribution >= 0.6 is 0 Å². The minimum Gasteiger partial charge on any atom is -0.507 e. The summed E-state index contributed by atoms with van der Waals surface area (Å²) in [6.07, 6.45) is 3.69. The van der Waals surface area contributed by atoms with Crippen molar-refractivity contribution in [1.29, 1.82) is 0 Å². The first-order valence-electron chi connectivity index (χ1n) is 12.4. The number of imidazole rings is 1. The predicted octanol–water partition coefficient (Wildman–Crippen LogP) is 4.42. The van der Waals surface area contributed by atoms with E-state index in [4.69, 9.17) is 9.26 Å². The molecule has 11 nitrogen and oxygen atoms in total. The van der Waals surface area contributed by atoms with Crippen LogP contribution < -0.4 is 10.1 Å². The van der Waals surface area contributed by atoms with Crippen LogP contribution in [0.25, 0.3) is 45.1 Å². The molecule has 4 aromatic heterocycles. The summed E-state index contributed by atoms with van der Waals surface area (Å²) < 4.78 is 10.7. The SMILES string of the molecule is COc1ncccc1-c1ccc(O)c(-c2nc3ccc(C(=O)NCCc4nc(-c5ccccn5)no4)cc3[nH]2)c1. The monoisotopic (exact) mass is 533 g/mol. The Morgan fingerprint density at radius 3 is 2.75 bits per heavy atom. The van der Waals surface area contributed by atoms with Crippen LogP contribution in [0.1, 0.15) is 16.2 Å². The van der Waals surface area contributed by atoms with Gasteiger partial charge in [0.25, 0.3) is 5.91 Å². The molecule has 6 aromatic rings. The second-order valence-electron chi connectivity index (χ2n) is 8.84. The van der Waals surface area contributed by atoms with Gasteiger partial charge in [0.1, 0.15) is 17.3 Å². The summed E-state index contributed by atoms with van der Waals surface area (Å²) in [5, 5.41) is 17.4. The minimum atomic E-state index is -0.254. The Morgan fingerprint density at radius 1 is 1.00 bits per heavy atom. The summed E-state index contributed by atoms with van der Waals surface area (Å²) in [4.78, 5) is 33.4. The average Bonchev–Trinajstić information content (AvgIpc) is 3.65. The Kier molecular flexibility index (Phi) is 6.59. The number of pyridine rings is 2. The number of amides is 1. The van der Waals surface area contributed by atoms with Crippen molar-refractivity contribution < 1.29 is 19.2 Å². The van der Waals surface area contributed by atoms with Crippen LogP contribution in [0.5, 0.6) is 11.6 Å². The molecule has 0 aliphatic carbocycles. The van der Waals surface area contributed by atoms with Crippen LogP contribution in [0.15, 0.2) is 83.6 Å². The van der Waals surface area contributed by atoms with E-state index in [-0.39, 0.29) is 11.7 Å². The van der Waals surface area contributed by atoms with E-state index in [1.807, 2.05) is 30.3 Å². The third-order valence-corrected chi connectivity index (χ3v) is 6.26.